The number of carbonyl (C=O) groups excluding carboxylic acids is 1. The van der Waals surface area contributed by atoms with Crippen molar-refractivity contribution < 1.29 is 9.53 Å². The minimum atomic E-state index is -0.361. The van der Waals surface area contributed by atoms with Crippen molar-refractivity contribution in [3.63, 3.8) is 0 Å². The SMILES string of the molecule is CNC(=O)[C@]1(C)CC[C@@H](Nc2ncc3c(Br)nn(-c4ccc5c(c4)C(C)(C)CO5)c3n2)C1. The van der Waals surface area contributed by atoms with Crippen molar-refractivity contribution in [2.75, 3.05) is 19.0 Å². The van der Waals surface area contributed by atoms with E-state index < -0.39 is 0 Å². The van der Waals surface area contributed by atoms with Crippen LogP contribution in [0.3, 0.4) is 0 Å². The quantitative estimate of drug-likeness (QED) is 0.565. The summed E-state index contributed by atoms with van der Waals surface area (Å²) in [6.45, 7) is 7.04. The molecule has 1 aliphatic heterocycles. The van der Waals surface area contributed by atoms with Gasteiger partial charge in [-0.1, -0.05) is 20.8 Å². The molecule has 1 fully saturated rings. The molecule has 2 aromatic heterocycles. The minimum Gasteiger partial charge on any atom is -0.492 e. The van der Waals surface area contributed by atoms with Gasteiger partial charge in [-0.15, -0.1) is 0 Å². The molecule has 1 amide bonds. The first-order valence-electron chi connectivity index (χ1n) is 10.9. The molecule has 3 heterocycles. The molecular formula is C23H27BrN6O2. The lowest BCUT2D eigenvalue weighted by molar-refractivity contribution is -0.129. The predicted molar refractivity (Wildman–Crippen MR) is 126 cm³/mol. The summed E-state index contributed by atoms with van der Waals surface area (Å²) in [6, 6.07) is 6.27. The fourth-order valence-electron chi connectivity index (χ4n) is 4.81. The summed E-state index contributed by atoms with van der Waals surface area (Å²) in [5.41, 5.74) is 2.41. The third-order valence-electron chi connectivity index (χ3n) is 6.75. The van der Waals surface area contributed by atoms with Crippen molar-refractivity contribution in [2.45, 2.75) is 51.5 Å². The number of nitrogens with one attached hydrogen (secondary N) is 2. The summed E-state index contributed by atoms with van der Waals surface area (Å²) in [5.74, 6) is 1.55. The smallest absolute Gasteiger partial charge is 0.225 e. The summed E-state index contributed by atoms with van der Waals surface area (Å²) in [5, 5.41) is 11.7. The first-order chi connectivity index (χ1) is 15.2. The number of hydrogen-bond acceptors (Lipinski definition) is 6. The number of nitrogens with zero attached hydrogens (tertiary/aromatic N) is 4. The van der Waals surface area contributed by atoms with Crippen molar-refractivity contribution in [2.24, 2.45) is 5.41 Å². The first-order valence-corrected chi connectivity index (χ1v) is 11.7. The molecule has 0 spiro atoms. The van der Waals surface area contributed by atoms with Crippen molar-refractivity contribution >= 4 is 38.8 Å². The number of benzene rings is 1. The van der Waals surface area contributed by atoms with Crippen LogP contribution in [0.25, 0.3) is 16.7 Å². The number of hydrogen-bond donors (Lipinski definition) is 2. The van der Waals surface area contributed by atoms with Gasteiger partial charge in [0.2, 0.25) is 11.9 Å². The molecule has 168 valence electrons. The highest BCUT2D eigenvalue weighted by atomic mass is 79.9. The van der Waals surface area contributed by atoms with Crippen LogP contribution < -0.4 is 15.4 Å². The Labute approximate surface area is 195 Å². The standard InChI is InChI=1S/C23H27BrN6O2/c1-22(2)12-32-17-6-5-14(9-16(17)22)30-19-15(18(24)29-30)11-26-21(28-19)27-13-7-8-23(3,10-13)20(31)25-4/h5-6,9,11,13H,7-8,10,12H2,1-4H3,(H,25,31)(H,26,27,28)/t13-,23-/m1/s1. The zero-order valence-electron chi connectivity index (χ0n) is 18.7. The average Bonchev–Trinajstić information content (AvgIpc) is 3.41. The highest BCUT2D eigenvalue weighted by Crippen LogP contribution is 2.41. The number of amides is 1. The number of ether oxygens (including phenoxy) is 1. The Morgan fingerprint density at radius 3 is 2.91 bits per heavy atom. The first kappa shape index (κ1) is 21.2. The van der Waals surface area contributed by atoms with Gasteiger partial charge < -0.3 is 15.4 Å². The molecule has 0 bridgehead atoms. The Morgan fingerprint density at radius 2 is 2.12 bits per heavy atom. The van der Waals surface area contributed by atoms with Gasteiger partial charge in [0, 0.05) is 35.7 Å². The Balaban J connectivity index is 1.47. The van der Waals surface area contributed by atoms with Gasteiger partial charge in [0.15, 0.2) is 5.65 Å². The number of fused-ring (bicyclic) bond motifs is 2. The molecule has 3 aromatic rings. The van der Waals surface area contributed by atoms with Crippen LogP contribution in [0.1, 0.15) is 45.6 Å². The second-order valence-corrected chi connectivity index (χ2v) is 10.5. The van der Waals surface area contributed by atoms with Crippen molar-refractivity contribution in [1.82, 2.24) is 25.1 Å². The summed E-state index contributed by atoms with van der Waals surface area (Å²) in [7, 11) is 1.69. The molecule has 8 nitrogen and oxygen atoms in total. The van der Waals surface area contributed by atoms with Gasteiger partial charge in [-0.05, 0) is 53.4 Å². The minimum absolute atomic E-state index is 0.0485. The van der Waals surface area contributed by atoms with E-state index in [0.717, 1.165) is 41.7 Å². The van der Waals surface area contributed by atoms with E-state index in [9.17, 15) is 4.79 Å². The summed E-state index contributed by atoms with van der Waals surface area (Å²) >= 11 is 3.55. The molecular weight excluding hydrogens is 472 g/mol. The van der Waals surface area contributed by atoms with Crippen LogP contribution in [-0.2, 0) is 10.2 Å². The largest absolute Gasteiger partial charge is 0.492 e. The van der Waals surface area contributed by atoms with Gasteiger partial charge in [-0.3, -0.25) is 4.79 Å². The van der Waals surface area contributed by atoms with E-state index in [0.29, 0.717) is 17.2 Å². The van der Waals surface area contributed by atoms with E-state index in [1.54, 1.807) is 13.2 Å². The van der Waals surface area contributed by atoms with Gasteiger partial charge in [-0.25, -0.2) is 9.67 Å². The second kappa shape index (κ2) is 7.43. The van der Waals surface area contributed by atoms with E-state index >= 15 is 0 Å². The molecule has 1 saturated carbocycles. The van der Waals surface area contributed by atoms with Crippen LogP contribution in [0.15, 0.2) is 29.0 Å². The molecule has 1 aromatic carbocycles. The highest BCUT2D eigenvalue weighted by Gasteiger charge is 2.41. The molecule has 9 heteroatoms. The fourth-order valence-corrected chi connectivity index (χ4v) is 5.25. The lowest BCUT2D eigenvalue weighted by Gasteiger charge is -2.22. The van der Waals surface area contributed by atoms with E-state index in [4.69, 9.17) is 9.72 Å². The van der Waals surface area contributed by atoms with Crippen LogP contribution in [-0.4, -0.2) is 45.4 Å². The van der Waals surface area contributed by atoms with Crippen LogP contribution in [0.2, 0.25) is 0 Å². The zero-order chi connectivity index (χ0) is 22.7. The third kappa shape index (κ3) is 3.43. The maximum Gasteiger partial charge on any atom is 0.225 e. The second-order valence-electron chi connectivity index (χ2n) is 9.71. The zero-order valence-corrected chi connectivity index (χ0v) is 20.3. The predicted octanol–water partition coefficient (Wildman–Crippen LogP) is 3.96. The van der Waals surface area contributed by atoms with Crippen molar-refractivity contribution in [1.29, 1.82) is 0 Å². The van der Waals surface area contributed by atoms with Crippen LogP contribution in [0.5, 0.6) is 5.75 Å². The maximum atomic E-state index is 12.2. The van der Waals surface area contributed by atoms with Gasteiger partial charge >= 0.3 is 0 Å². The van der Waals surface area contributed by atoms with Crippen molar-refractivity contribution in [3.8, 4) is 11.4 Å². The number of anilines is 1. The summed E-state index contributed by atoms with van der Waals surface area (Å²) in [4.78, 5) is 21.5. The Morgan fingerprint density at radius 1 is 1.31 bits per heavy atom. The maximum absolute atomic E-state index is 12.2. The normalized spacial score (nSPS) is 23.7. The molecule has 2 N–H and O–H groups in total. The van der Waals surface area contributed by atoms with Crippen LogP contribution in [0, 0.1) is 5.41 Å². The number of halogens is 1. The monoisotopic (exact) mass is 498 g/mol. The Kier molecular flexibility index (Phi) is 4.92. The van der Waals surface area contributed by atoms with E-state index in [1.807, 2.05) is 23.7 Å². The van der Waals surface area contributed by atoms with E-state index in [2.05, 4.69) is 56.6 Å². The summed E-state index contributed by atoms with van der Waals surface area (Å²) in [6.07, 6.45) is 4.26. The fraction of sp³-hybridized carbons (Fsp3) is 0.478. The van der Waals surface area contributed by atoms with Gasteiger partial charge in [-0.2, -0.15) is 10.1 Å². The lowest BCUT2D eigenvalue weighted by Crippen LogP contribution is -2.35. The molecule has 2 aliphatic rings. The Bertz CT molecular complexity index is 1220. The molecule has 0 saturated heterocycles. The molecule has 5 rings (SSSR count). The number of aromatic nitrogens is 4. The van der Waals surface area contributed by atoms with E-state index in [-0.39, 0.29) is 22.8 Å². The Hall–Kier alpha value is -2.68. The molecule has 32 heavy (non-hydrogen) atoms. The van der Waals surface area contributed by atoms with Crippen LogP contribution in [0.4, 0.5) is 5.95 Å². The van der Waals surface area contributed by atoms with Crippen LogP contribution >= 0.6 is 15.9 Å². The van der Waals surface area contributed by atoms with Gasteiger partial charge in [0.05, 0.1) is 17.7 Å². The molecule has 2 atom stereocenters. The molecule has 0 radical (unpaired) electrons. The van der Waals surface area contributed by atoms with Gasteiger partial charge in [0.25, 0.3) is 0 Å². The van der Waals surface area contributed by atoms with Gasteiger partial charge in [0.1, 0.15) is 10.4 Å². The van der Waals surface area contributed by atoms with E-state index in [1.165, 1.54) is 5.56 Å². The topological polar surface area (TPSA) is 94.0 Å². The average molecular weight is 499 g/mol. The molecule has 1 aliphatic carbocycles. The number of rotatable bonds is 4. The number of carbonyl (C=O) groups is 1. The highest BCUT2D eigenvalue weighted by molar-refractivity contribution is 9.10. The van der Waals surface area contributed by atoms with Crippen molar-refractivity contribution in [3.05, 3.63) is 34.6 Å². The third-order valence-corrected chi connectivity index (χ3v) is 7.34. The summed E-state index contributed by atoms with van der Waals surface area (Å²) < 4.78 is 8.36. The molecule has 0 unspecified atom stereocenters. The lowest BCUT2D eigenvalue weighted by atomic mass is 9.87.